The quantitative estimate of drug-likeness (QED) is 0.667. The van der Waals surface area contributed by atoms with E-state index < -0.39 is 0 Å². The molecule has 0 fully saturated rings. The second-order valence-electron chi connectivity index (χ2n) is 5.51. The van der Waals surface area contributed by atoms with Gasteiger partial charge in [0.1, 0.15) is 5.69 Å². The predicted molar refractivity (Wildman–Crippen MR) is 102 cm³/mol. The fourth-order valence-corrected chi connectivity index (χ4v) is 2.74. The maximum Gasteiger partial charge on any atom is 0.270 e. The first-order valence-corrected chi connectivity index (χ1v) is 8.62. The third kappa shape index (κ3) is 4.64. The van der Waals surface area contributed by atoms with Crippen molar-refractivity contribution < 1.29 is 4.79 Å². The summed E-state index contributed by atoms with van der Waals surface area (Å²) in [6.45, 7) is 1.94. The maximum atomic E-state index is 12.5. The van der Waals surface area contributed by atoms with Gasteiger partial charge < -0.3 is 10.6 Å². The molecule has 0 aliphatic heterocycles. The SMILES string of the molecule is CC(NC(=O)c1ccnc(Nc2cccc(Br)c2)n1)c1ccccc1. The van der Waals surface area contributed by atoms with Crippen molar-refractivity contribution in [3.63, 3.8) is 0 Å². The minimum Gasteiger partial charge on any atom is -0.344 e. The molecule has 1 unspecified atom stereocenters. The predicted octanol–water partition coefficient (Wildman–Crippen LogP) is 4.47. The highest BCUT2D eigenvalue weighted by atomic mass is 79.9. The van der Waals surface area contributed by atoms with Gasteiger partial charge in [-0.15, -0.1) is 0 Å². The van der Waals surface area contributed by atoms with Gasteiger partial charge in [0.2, 0.25) is 5.95 Å². The molecule has 0 saturated carbocycles. The van der Waals surface area contributed by atoms with Gasteiger partial charge in [0.25, 0.3) is 5.91 Å². The number of aromatic nitrogens is 2. The average Bonchev–Trinajstić information content (AvgIpc) is 2.62. The third-order valence-corrected chi connectivity index (χ3v) is 4.11. The van der Waals surface area contributed by atoms with Gasteiger partial charge in [-0.1, -0.05) is 52.3 Å². The lowest BCUT2D eigenvalue weighted by Gasteiger charge is -2.14. The molecule has 1 atom stereocenters. The van der Waals surface area contributed by atoms with Gasteiger partial charge >= 0.3 is 0 Å². The number of hydrogen-bond acceptors (Lipinski definition) is 4. The van der Waals surface area contributed by atoms with Crippen molar-refractivity contribution in [1.82, 2.24) is 15.3 Å². The molecule has 2 aromatic carbocycles. The zero-order chi connectivity index (χ0) is 17.6. The number of rotatable bonds is 5. The van der Waals surface area contributed by atoms with E-state index in [1.54, 1.807) is 12.3 Å². The normalized spacial score (nSPS) is 11.6. The topological polar surface area (TPSA) is 66.9 Å². The molecule has 6 heteroatoms. The Bertz CT molecular complexity index is 870. The molecule has 126 valence electrons. The average molecular weight is 397 g/mol. The van der Waals surface area contributed by atoms with Gasteiger partial charge in [-0.3, -0.25) is 4.79 Å². The van der Waals surface area contributed by atoms with Crippen LogP contribution in [0.25, 0.3) is 0 Å². The highest BCUT2D eigenvalue weighted by Crippen LogP contribution is 2.18. The number of nitrogens with one attached hydrogen (secondary N) is 2. The number of amides is 1. The Hall–Kier alpha value is -2.73. The molecule has 0 bridgehead atoms. The van der Waals surface area contributed by atoms with Gasteiger partial charge in [-0.2, -0.15) is 0 Å². The van der Waals surface area contributed by atoms with Crippen molar-refractivity contribution in [2.45, 2.75) is 13.0 Å². The lowest BCUT2D eigenvalue weighted by molar-refractivity contribution is 0.0935. The smallest absolute Gasteiger partial charge is 0.270 e. The summed E-state index contributed by atoms with van der Waals surface area (Å²) in [6.07, 6.45) is 1.56. The van der Waals surface area contributed by atoms with Crippen molar-refractivity contribution in [3.8, 4) is 0 Å². The molecule has 0 radical (unpaired) electrons. The fraction of sp³-hybridized carbons (Fsp3) is 0.105. The molecule has 0 aliphatic carbocycles. The lowest BCUT2D eigenvalue weighted by Crippen LogP contribution is -2.27. The summed E-state index contributed by atoms with van der Waals surface area (Å²) in [7, 11) is 0. The van der Waals surface area contributed by atoms with Crippen LogP contribution < -0.4 is 10.6 Å². The molecule has 1 aromatic heterocycles. The Morgan fingerprint density at radius 3 is 2.64 bits per heavy atom. The Kier molecular flexibility index (Phi) is 5.40. The summed E-state index contributed by atoms with van der Waals surface area (Å²) in [4.78, 5) is 20.9. The maximum absolute atomic E-state index is 12.5. The summed E-state index contributed by atoms with van der Waals surface area (Å²) in [5.41, 5.74) is 2.19. The second kappa shape index (κ2) is 7.90. The molecule has 1 heterocycles. The number of hydrogen-bond donors (Lipinski definition) is 2. The summed E-state index contributed by atoms with van der Waals surface area (Å²) < 4.78 is 0.947. The van der Waals surface area contributed by atoms with Crippen LogP contribution in [0.5, 0.6) is 0 Å². The first kappa shape index (κ1) is 17.1. The van der Waals surface area contributed by atoms with Gasteiger partial charge in [0.15, 0.2) is 0 Å². The van der Waals surface area contributed by atoms with Crippen molar-refractivity contribution in [3.05, 3.63) is 82.6 Å². The van der Waals surface area contributed by atoms with Crippen molar-refractivity contribution in [2.75, 3.05) is 5.32 Å². The van der Waals surface area contributed by atoms with Crippen LogP contribution in [0.2, 0.25) is 0 Å². The Morgan fingerprint density at radius 1 is 1.08 bits per heavy atom. The van der Waals surface area contributed by atoms with E-state index in [4.69, 9.17) is 0 Å². The Morgan fingerprint density at radius 2 is 1.88 bits per heavy atom. The number of nitrogens with zero attached hydrogens (tertiary/aromatic N) is 2. The highest BCUT2D eigenvalue weighted by molar-refractivity contribution is 9.10. The molecule has 3 aromatic rings. The van der Waals surface area contributed by atoms with Crippen molar-refractivity contribution in [2.24, 2.45) is 0 Å². The molecule has 25 heavy (non-hydrogen) atoms. The largest absolute Gasteiger partial charge is 0.344 e. The molecule has 3 rings (SSSR count). The number of anilines is 2. The van der Waals surface area contributed by atoms with Crippen LogP contribution >= 0.6 is 15.9 Å². The second-order valence-corrected chi connectivity index (χ2v) is 6.42. The van der Waals surface area contributed by atoms with Gasteiger partial charge in [0, 0.05) is 16.4 Å². The van der Waals surface area contributed by atoms with E-state index in [-0.39, 0.29) is 11.9 Å². The molecule has 1 amide bonds. The minimum absolute atomic E-state index is 0.106. The zero-order valence-corrected chi connectivity index (χ0v) is 15.2. The number of carbonyl (C=O) groups excluding carboxylic acids is 1. The van der Waals surface area contributed by atoms with Crippen molar-refractivity contribution >= 4 is 33.5 Å². The molecule has 0 aliphatic rings. The fourth-order valence-electron chi connectivity index (χ4n) is 2.34. The van der Waals surface area contributed by atoms with E-state index >= 15 is 0 Å². The summed E-state index contributed by atoms with van der Waals surface area (Å²) in [6, 6.07) is 18.9. The standard InChI is InChI=1S/C19H17BrN4O/c1-13(14-6-3-2-4-7-14)22-18(25)17-10-11-21-19(24-17)23-16-9-5-8-15(20)12-16/h2-13H,1H3,(H,22,25)(H,21,23,24). The summed E-state index contributed by atoms with van der Waals surface area (Å²) in [5.74, 6) is 0.133. The van der Waals surface area contributed by atoms with Crippen LogP contribution in [-0.2, 0) is 0 Å². The van der Waals surface area contributed by atoms with E-state index in [0.29, 0.717) is 11.6 Å². The number of carbonyl (C=O) groups is 1. The van der Waals surface area contributed by atoms with Crippen LogP contribution in [0, 0.1) is 0 Å². The summed E-state index contributed by atoms with van der Waals surface area (Å²) >= 11 is 3.42. The van der Waals surface area contributed by atoms with Gasteiger partial charge in [-0.05, 0) is 36.8 Å². The lowest BCUT2D eigenvalue weighted by atomic mass is 10.1. The Balaban J connectivity index is 1.71. The highest BCUT2D eigenvalue weighted by Gasteiger charge is 2.13. The van der Waals surface area contributed by atoms with E-state index in [1.165, 1.54) is 0 Å². The van der Waals surface area contributed by atoms with Gasteiger partial charge in [0.05, 0.1) is 6.04 Å². The molecule has 0 spiro atoms. The number of benzene rings is 2. The Labute approximate surface area is 154 Å². The van der Waals surface area contributed by atoms with Crippen LogP contribution in [-0.4, -0.2) is 15.9 Å². The first-order valence-electron chi connectivity index (χ1n) is 7.83. The van der Waals surface area contributed by atoms with Crippen LogP contribution in [0.4, 0.5) is 11.6 Å². The van der Waals surface area contributed by atoms with Gasteiger partial charge in [-0.25, -0.2) is 9.97 Å². The third-order valence-electron chi connectivity index (χ3n) is 3.62. The van der Waals surface area contributed by atoms with E-state index in [0.717, 1.165) is 15.7 Å². The van der Waals surface area contributed by atoms with E-state index in [1.807, 2.05) is 61.5 Å². The van der Waals surface area contributed by atoms with E-state index in [9.17, 15) is 4.79 Å². The van der Waals surface area contributed by atoms with E-state index in [2.05, 4.69) is 36.5 Å². The van der Waals surface area contributed by atoms with Crippen LogP contribution in [0.1, 0.15) is 29.0 Å². The van der Waals surface area contributed by atoms with Crippen LogP contribution in [0.15, 0.2) is 71.3 Å². The minimum atomic E-state index is -0.240. The molecule has 0 saturated heterocycles. The number of halogens is 1. The molecule has 5 nitrogen and oxygen atoms in total. The molecule has 2 N–H and O–H groups in total. The molecular weight excluding hydrogens is 380 g/mol. The van der Waals surface area contributed by atoms with Crippen LogP contribution in [0.3, 0.4) is 0 Å². The zero-order valence-electron chi connectivity index (χ0n) is 13.6. The first-order chi connectivity index (χ1) is 12.1. The summed E-state index contributed by atoms with van der Waals surface area (Å²) in [5, 5.41) is 6.04. The molecular formula is C19H17BrN4O. The van der Waals surface area contributed by atoms with Crippen molar-refractivity contribution in [1.29, 1.82) is 0 Å². The monoisotopic (exact) mass is 396 g/mol.